The van der Waals surface area contributed by atoms with Gasteiger partial charge in [-0.1, -0.05) is 69.0 Å². The van der Waals surface area contributed by atoms with Crippen molar-refractivity contribution in [3.8, 4) is 11.5 Å². The Kier molecular flexibility index (Phi) is 8.77. The highest BCUT2D eigenvalue weighted by molar-refractivity contribution is 9.10. The van der Waals surface area contributed by atoms with Crippen molar-refractivity contribution in [3.63, 3.8) is 0 Å². The molecule has 210 valence electrons. The van der Waals surface area contributed by atoms with E-state index in [-0.39, 0.29) is 31.4 Å². The fraction of sp³-hybridized carbons (Fsp3) is 0.200. The first-order valence-corrected chi connectivity index (χ1v) is 14.4. The summed E-state index contributed by atoms with van der Waals surface area (Å²) < 4.78 is 6.74. The first-order chi connectivity index (χ1) is 19.7. The topological polar surface area (TPSA) is 96.0 Å². The number of imide groups is 1. The maximum Gasteiger partial charge on any atom is 0.312 e. The summed E-state index contributed by atoms with van der Waals surface area (Å²) in [4.78, 5) is 53.4. The van der Waals surface area contributed by atoms with Gasteiger partial charge in [0.15, 0.2) is 0 Å². The normalized spacial score (nSPS) is 14.6. The van der Waals surface area contributed by atoms with E-state index in [9.17, 15) is 19.2 Å². The second-order valence-corrected chi connectivity index (χ2v) is 11.3. The zero-order chi connectivity index (χ0) is 29.1. The molecule has 5 rings (SSSR count). The summed E-state index contributed by atoms with van der Waals surface area (Å²) in [6, 6.07) is 17.0. The molecule has 3 aromatic carbocycles. The Bertz CT molecular complexity index is 1560. The standard InChI is InChI=1S/C30H24BrCl2N3O5/c31-20-6-5-19(26(15-20)41-21-7-8-24(32)25(33)16-21)17-34-27(37)30(40)35-12-9-18(10-13-35)11-14-36-28(38)22-3-1-2-4-23(22)29(36)39/h1-9,15-16H,10-14,17H2,(H,34,37). The number of nitrogens with zero attached hydrogens (tertiary/aromatic N) is 2. The highest BCUT2D eigenvalue weighted by atomic mass is 79.9. The molecule has 1 N–H and O–H groups in total. The van der Waals surface area contributed by atoms with E-state index in [1.165, 1.54) is 9.80 Å². The van der Waals surface area contributed by atoms with E-state index in [2.05, 4.69) is 21.2 Å². The Morgan fingerprint density at radius 2 is 1.68 bits per heavy atom. The summed E-state index contributed by atoms with van der Waals surface area (Å²) in [5.41, 5.74) is 2.54. The van der Waals surface area contributed by atoms with Gasteiger partial charge in [-0.25, -0.2) is 0 Å². The molecule has 41 heavy (non-hydrogen) atoms. The molecule has 0 spiro atoms. The van der Waals surface area contributed by atoms with E-state index < -0.39 is 11.8 Å². The lowest BCUT2D eigenvalue weighted by Crippen LogP contribution is -2.44. The van der Waals surface area contributed by atoms with E-state index in [1.807, 2.05) is 12.1 Å². The molecule has 2 heterocycles. The maximum absolute atomic E-state index is 12.8. The van der Waals surface area contributed by atoms with Crippen LogP contribution in [0.5, 0.6) is 11.5 Å². The van der Waals surface area contributed by atoms with E-state index >= 15 is 0 Å². The fourth-order valence-electron chi connectivity index (χ4n) is 4.65. The van der Waals surface area contributed by atoms with E-state index in [0.29, 0.717) is 57.6 Å². The van der Waals surface area contributed by atoms with Gasteiger partial charge in [0.05, 0.1) is 21.2 Å². The Balaban J connectivity index is 1.14. The third-order valence-electron chi connectivity index (χ3n) is 6.91. The van der Waals surface area contributed by atoms with E-state index in [0.717, 1.165) is 10.0 Å². The highest BCUT2D eigenvalue weighted by Crippen LogP contribution is 2.32. The van der Waals surface area contributed by atoms with Crippen LogP contribution in [0.1, 0.15) is 39.1 Å². The lowest BCUT2D eigenvalue weighted by atomic mass is 10.0. The van der Waals surface area contributed by atoms with Crippen LogP contribution in [-0.2, 0) is 16.1 Å². The molecular formula is C30H24BrCl2N3O5. The summed E-state index contributed by atoms with van der Waals surface area (Å²) in [6.45, 7) is 0.980. The lowest BCUT2D eigenvalue weighted by molar-refractivity contribution is -0.145. The maximum atomic E-state index is 12.8. The number of hydrogen-bond donors (Lipinski definition) is 1. The minimum Gasteiger partial charge on any atom is -0.457 e. The number of carbonyl (C=O) groups is 4. The van der Waals surface area contributed by atoms with Crippen molar-refractivity contribution in [3.05, 3.63) is 104 Å². The molecule has 0 saturated carbocycles. The molecule has 0 bridgehead atoms. The molecule has 0 aromatic heterocycles. The van der Waals surface area contributed by atoms with Gasteiger partial charge in [0.2, 0.25) is 0 Å². The monoisotopic (exact) mass is 655 g/mol. The van der Waals surface area contributed by atoms with Crippen LogP contribution in [0, 0.1) is 0 Å². The van der Waals surface area contributed by atoms with Crippen molar-refractivity contribution in [2.45, 2.75) is 19.4 Å². The number of ether oxygens (including phenoxy) is 1. The van der Waals surface area contributed by atoms with Crippen LogP contribution >= 0.6 is 39.1 Å². The number of benzene rings is 3. The fourth-order valence-corrected chi connectivity index (χ4v) is 5.28. The number of carbonyl (C=O) groups excluding carboxylic acids is 4. The molecule has 0 atom stereocenters. The minimum absolute atomic E-state index is 0.0731. The molecular weight excluding hydrogens is 633 g/mol. The quantitative estimate of drug-likeness (QED) is 0.191. The molecule has 8 nitrogen and oxygen atoms in total. The van der Waals surface area contributed by atoms with Gasteiger partial charge in [0.1, 0.15) is 11.5 Å². The predicted molar refractivity (Wildman–Crippen MR) is 158 cm³/mol. The molecule has 2 aliphatic heterocycles. The van der Waals surface area contributed by atoms with Gasteiger partial charge in [-0.2, -0.15) is 0 Å². The van der Waals surface area contributed by atoms with Crippen molar-refractivity contribution >= 4 is 62.8 Å². The third kappa shape index (κ3) is 6.48. The smallest absolute Gasteiger partial charge is 0.312 e. The van der Waals surface area contributed by atoms with Gasteiger partial charge in [-0.15, -0.1) is 0 Å². The summed E-state index contributed by atoms with van der Waals surface area (Å²) in [7, 11) is 0. The largest absolute Gasteiger partial charge is 0.457 e. The van der Waals surface area contributed by atoms with E-state index in [4.69, 9.17) is 27.9 Å². The SMILES string of the molecule is O=C(NCc1ccc(Br)cc1Oc1ccc(Cl)c(Cl)c1)C(=O)N1CC=C(CCN2C(=O)c3ccccc3C2=O)CC1. The second kappa shape index (κ2) is 12.5. The predicted octanol–water partition coefficient (Wildman–Crippen LogP) is 6.01. The molecule has 0 saturated heterocycles. The average molecular weight is 657 g/mol. The zero-order valence-corrected chi connectivity index (χ0v) is 24.8. The zero-order valence-electron chi connectivity index (χ0n) is 21.7. The average Bonchev–Trinajstić information content (AvgIpc) is 3.22. The van der Waals surface area contributed by atoms with Crippen molar-refractivity contribution in [2.75, 3.05) is 19.6 Å². The van der Waals surface area contributed by atoms with Crippen LogP contribution in [0.4, 0.5) is 0 Å². The Morgan fingerprint density at radius 1 is 0.951 bits per heavy atom. The molecule has 0 aliphatic carbocycles. The molecule has 2 aliphatic rings. The van der Waals surface area contributed by atoms with Crippen LogP contribution in [-0.4, -0.2) is 53.1 Å². The number of amides is 4. The molecule has 3 aromatic rings. The number of rotatable bonds is 7. The summed E-state index contributed by atoms with van der Waals surface area (Å²) in [6.07, 6.45) is 2.95. The van der Waals surface area contributed by atoms with Crippen LogP contribution < -0.4 is 10.1 Å². The molecule has 0 radical (unpaired) electrons. The minimum atomic E-state index is -0.726. The van der Waals surface area contributed by atoms with Crippen LogP contribution in [0.15, 0.2) is 76.8 Å². The number of halogens is 3. The van der Waals surface area contributed by atoms with Crippen molar-refractivity contribution in [1.82, 2.24) is 15.1 Å². The molecule has 0 fully saturated rings. The van der Waals surface area contributed by atoms with Crippen molar-refractivity contribution < 1.29 is 23.9 Å². The number of fused-ring (bicyclic) bond motifs is 1. The van der Waals surface area contributed by atoms with E-state index in [1.54, 1.807) is 54.6 Å². The van der Waals surface area contributed by atoms with Crippen LogP contribution in [0.25, 0.3) is 0 Å². The first-order valence-electron chi connectivity index (χ1n) is 12.8. The summed E-state index contributed by atoms with van der Waals surface area (Å²) in [5.74, 6) is -0.978. The van der Waals surface area contributed by atoms with Gasteiger partial charge in [-0.3, -0.25) is 24.1 Å². The van der Waals surface area contributed by atoms with Gasteiger partial charge >= 0.3 is 11.8 Å². The van der Waals surface area contributed by atoms with Crippen molar-refractivity contribution in [2.24, 2.45) is 0 Å². The number of nitrogens with one attached hydrogen (secondary N) is 1. The van der Waals surface area contributed by atoms with Gasteiger partial charge in [0, 0.05) is 42.3 Å². The third-order valence-corrected chi connectivity index (χ3v) is 8.14. The van der Waals surface area contributed by atoms with Crippen LogP contribution in [0.2, 0.25) is 10.0 Å². The molecule has 11 heteroatoms. The van der Waals surface area contributed by atoms with Gasteiger partial charge < -0.3 is 15.0 Å². The Labute approximate surface area is 255 Å². The highest BCUT2D eigenvalue weighted by Gasteiger charge is 2.35. The summed E-state index contributed by atoms with van der Waals surface area (Å²) in [5, 5.41) is 3.43. The summed E-state index contributed by atoms with van der Waals surface area (Å²) >= 11 is 15.5. The molecule has 0 unspecified atom stereocenters. The van der Waals surface area contributed by atoms with Gasteiger partial charge in [-0.05, 0) is 49.2 Å². The lowest BCUT2D eigenvalue weighted by Gasteiger charge is -2.26. The van der Waals surface area contributed by atoms with Gasteiger partial charge in [0.25, 0.3) is 11.8 Å². The number of hydrogen-bond acceptors (Lipinski definition) is 5. The Morgan fingerprint density at radius 3 is 2.34 bits per heavy atom. The Hall–Kier alpha value is -3.66. The molecule has 4 amide bonds. The van der Waals surface area contributed by atoms with Crippen molar-refractivity contribution in [1.29, 1.82) is 0 Å². The second-order valence-electron chi connectivity index (χ2n) is 9.53. The first kappa shape index (κ1) is 28.9. The van der Waals surface area contributed by atoms with Crippen LogP contribution in [0.3, 0.4) is 0 Å².